The lowest BCUT2D eigenvalue weighted by Crippen LogP contribution is -2.50. The van der Waals surface area contributed by atoms with Crippen LogP contribution in [-0.4, -0.2) is 25.1 Å². The molecule has 92 valence electrons. The Kier molecular flexibility index (Phi) is 4.08. The van der Waals surface area contributed by atoms with Crippen molar-refractivity contribution >= 4 is 5.96 Å². The van der Waals surface area contributed by atoms with E-state index in [9.17, 15) is 0 Å². The molecule has 2 unspecified atom stereocenters. The van der Waals surface area contributed by atoms with Crippen LogP contribution in [0.2, 0.25) is 0 Å². The van der Waals surface area contributed by atoms with E-state index in [-0.39, 0.29) is 0 Å². The topological polar surface area (TPSA) is 36.4 Å². The van der Waals surface area contributed by atoms with Crippen molar-refractivity contribution in [3.63, 3.8) is 0 Å². The van der Waals surface area contributed by atoms with Gasteiger partial charge < -0.3 is 10.6 Å². The molecule has 2 aliphatic carbocycles. The molecule has 3 heteroatoms. The van der Waals surface area contributed by atoms with Crippen LogP contribution in [0.25, 0.3) is 0 Å². The van der Waals surface area contributed by atoms with Crippen molar-refractivity contribution in [1.82, 2.24) is 10.6 Å². The van der Waals surface area contributed by atoms with Crippen LogP contribution in [0.15, 0.2) is 4.99 Å². The van der Waals surface area contributed by atoms with Gasteiger partial charge >= 0.3 is 0 Å². The van der Waals surface area contributed by atoms with Crippen LogP contribution in [0.1, 0.15) is 51.9 Å². The largest absolute Gasteiger partial charge is 0.354 e. The summed E-state index contributed by atoms with van der Waals surface area (Å²) in [7, 11) is 1.88. The van der Waals surface area contributed by atoms with Crippen LogP contribution >= 0.6 is 0 Å². The lowest BCUT2D eigenvalue weighted by Gasteiger charge is -2.32. The highest BCUT2D eigenvalue weighted by molar-refractivity contribution is 5.80. The van der Waals surface area contributed by atoms with Crippen LogP contribution in [0, 0.1) is 5.92 Å². The maximum absolute atomic E-state index is 4.32. The predicted molar refractivity (Wildman–Crippen MR) is 68.7 cm³/mol. The molecule has 0 saturated heterocycles. The maximum atomic E-state index is 4.32. The van der Waals surface area contributed by atoms with E-state index in [2.05, 4.69) is 22.5 Å². The molecule has 0 aromatic carbocycles. The predicted octanol–water partition coefficient (Wildman–Crippen LogP) is 2.28. The highest BCUT2D eigenvalue weighted by atomic mass is 15.2. The van der Waals surface area contributed by atoms with Gasteiger partial charge in [0.25, 0.3) is 0 Å². The molecule has 2 saturated carbocycles. The number of hydrogen-bond donors (Lipinski definition) is 2. The van der Waals surface area contributed by atoms with Gasteiger partial charge in [-0.15, -0.1) is 0 Å². The van der Waals surface area contributed by atoms with Crippen LogP contribution in [-0.2, 0) is 0 Å². The smallest absolute Gasteiger partial charge is 0.191 e. The Bertz CT molecular complexity index is 246. The summed E-state index contributed by atoms with van der Waals surface area (Å²) in [5, 5.41) is 7.08. The molecule has 2 N–H and O–H groups in total. The summed E-state index contributed by atoms with van der Waals surface area (Å²) >= 11 is 0. The highest BCUT2D eigenvalue weighted by Gasteiger charge is 2.22. The number of rotatable bonds is 2. The Morgan fingerprint density at radius 2 is 1.62 bits per heavy atom. The fraction of sp³-hybridized carbons (Fsp3) is 0.923. The van der Waals surface area contributed by atoms with Crippen molar-refractivity contribution < 1.29 is 0 Å². The first-order chi connectivity index (χ1) is 7.78. The molecule has 0 aromatic heterocycles. The Hall–Kier alpha value is -0.730. The van der Waals surface area contributed by atoms with Gasteiger partial charge in [0.05, 0.1) is 0 Å². The number of hydrogen-bond acceptors (Lipinski definition) is 1. The normalized spacial score (nSPS) is 32.0. The first kappa shape index (κ1) is 11.7. The second-order valence-corrected chi connectivity index (χ2v) is 5.46. The van der Waals surface area contributed by atoms with E-state index in [0.717, 1.165) is 11.9 Å². The van der Waals surface area contributed by atoms with E-state index in [0.29, 0.717) is 12.1 Å². The zero-order valence-corrected chi connectivity index (χ0v) is 10.6. The van der Waals surface area contributed by atoms with Gasteiger partial charge in [0, 0.05) is 19.1 Å². The Labute approximate surface area is 99.1 Å². The summed E-state index contributed by atoms with van der Waals surface area (Å²) in [6, 6.07) is 1.31. The molecule has 0 amide bonds. The summed E-state index contributed by atoms with van der Waals surface area (Å²) in [6.45, 7) is 2.36. The third-order valence-electron chi connectivity index (χ3n) is 3.95. The molecule has 2 fully saturated rings. The molecular weight excluding hydrogens is 198 g/mol. The van der Waals surface area contributed by atoms with Crippen LogP contribution in [0.3, 0.4) is 0 Å². The molecule has 0 aromatic rings. The zero-order valence-electron chi connectivity index (χ0n) is 10.6. The van der Waals surface area contributed by atoms with Crippen molar-refractivity contribution in [2.75, 3.05) is 7.05 Å². The average Bonchev–Trinajstić information content (AvgIpc) is 2.21. The molecule has 16 heavy (non-hydrogen) atoms. The third-order valence-corrected chi connectivity index (χ3v) is 3.95. The van der Waals surface area contributed by atoms with Crippen LogP contribution in [0.4, 0.5) is 0 Å². The summed E-state index contributed by atoms with van der Waals surface area (Å²) in [6.07, 6.45) is 9.34. The van der Waals surface area contributed by atoms with Crippen molar-refractivity contribution in [2.45, 2.75) is 64.0 Å². The second-order valence-electron chi connectivity index (χ2n) is 5.46. The van der Waals surface area contributed by atoms with Gasteiger partial charge in [0.2, 0.25) is 0 Å². The van der Waals surface area contributed by atoms with Gasteiger partial charge in [-0.05, 0) is 38.0 Å². The molecule has 2 rings (SSSR count). The fourth-order valence-electron chi connectivity index (χ4n) is 2.68. The molecule has 0 aliphatic heterocycles. The monoisotopic (exact) mass is 223 g/mol. The molecular formula is C13H25N3. The Morgan fingerprint density at radius 1 is 1.00 bits per heavy atom. The maximum Gasteiger partial charge on any atom is 0.191 e. The van der Waals surface area contributed by atoms with Crippen molar-refractivity contribution in [3.05, 3.63) is 0 Å². The first-order valence-corrected chi connectivity index (χ1v) is 6.78. The molecule has 0 bridgehead atoms. The van der Waals surface area contributed by atoms with E-state index in [1.54, 1.807) is 0 Å². The average molecular weight is 223 g/mol. The van der Waals surface area contributed by atoms with Gasteiger partial charge in [-0.2, -0.15) is 0 Å². The molecule has 0 radical (unpaired) electrons. The third kappa shape index (κ3) is 3.13. The second kappa shape index (κ2) is 5.55. The van der Waals surface area contributed by atoms with Gasteiger partial charge in [0.15, 0.2) is 5.96 Å². The highest BCUT2D eigenvalue weighted by Crippen LogP contribution is 2.23. The lowest BCUT2D eigenvalue weighted by molar-refractivity contribution is 0.319. The quantitative estimate of drug-likeness (QED) is 0.556. The van der Waals surface area contributed by atoms with E-state index in [4.69, 9.17) is 0 Å². The molecule has 0 heterocycles. The summed E-state index contributed by atoms with van der Waals surface area (Å²) in [5.41, 5.74) is 0. The lowest BCUT2D eigenvalue weighted by atomic mass is 9.87. The molecule has 2 aliphatic rings. The minimum Gasteiger partial charge on any atom is -0.354 e. The number of nitrogens with one attached hydrogen (secondary N) is 2. The van der Waals surface area contributed by atoms with Crippen LogP contribution < -0.4 is 10.6 Å². The minimum absolute atomic E-state index is 0.634. The Morgan fingerprint density at radius 3 is 2.19 bits per heavy atom. The van der Waals surface area contributed by atoms with Gasteiger partial charge in [-0.3, -0.25) is 4.99 Å². The molecule has 3 nitrogen and oxygen atoms in total. The zero-order chi connectivity index (χ0) is 11.4. The van der Waals surface area contributed by atoms with E-state index in [1.165, 1.54) is 44.9 Å². The summed E-state index contributed by atoms with van der Waals surface area (Å²) in [5.74, 6) is 1.89. The van der Waals surface area contributed by atoms with E-state index >= 15 is 0 Å². The van der Waals surface area contributed by atoms with Gasteiger partial charge in [0.1, 0.15) is 0 Å². The van der Waals surface area contributed by atoms with Crippen molar-refractivity contribution in [3.8, 4) is 0 Å². The summed E-state index contributed by atoms with van der Waals surface area (Å²) < 4.78 is 0. The number of aliphatic imine (C=N–C) groups is 1. The van der Waals surface area contributed by atoms with E-state index in [1.807, 2.05) is 7.05 Å². The Balaban J connectivity index is 1.76. The first-order valence-electron chi connectivity index (χ1n) is 6.78. The number of nitrogens with zero attached hydrogens (tertiary/aromatic N) is 1. The van der Waals surface area contributed by atoms with Crippen molar-refractivity contribution in [2.24, 2.45) is 10.9 Å². The van der Waals surface area contributed by atoms with Gasteiger partial charge in [-0.1, -0.05) is 19.8 Å². The SMILES string of the molecule is CN=C(NC1CCC1)NC1CCCC(C)C1. The van der Waals surface area contributed by atoms with Crippen LogP contribution in [0.5, 0.6) is 0 Å². The molecule has 0 spiro atoms. The fourth-order valence-corrected chi connectivity index (χ4v) is 2.68. The minimum atomic E-state index is 0.634. The number of guanidine groups is 1. The van der Waals surface area contributed by atoms with Crippen molar-refractivity contribution in [1.29, 1.82) is 0 Å². The summed E-state index contributed by atoms with van der Waals surface area (Å²) in [4.78, 5) is 4.32. The van der Waals surface area contributed by atoms with E-state index < -0.39 is 0 Å². The standard InChI is InChI=1S/C13H25N3/c1-10-5-3-8-12(9-10)16-13(14-2)15-11-6-4-7-11/h10-12H,3-9H2,1-2H3,(H2,14,15,16). The van der Waals surface area contributed by atoms with Gasteiger partial charge in [-0.25, -0.2) is 0 Å². The molecule has 2 atom stereocenters.